The highest BCUT2D eigenvalue weighted by Crippen LogP contribution is 2.35. The molecule has 0 bridgehead atoms. The van der Waals surface area contributed by atoms with Crippen LogP contribution in [0.2, 0.25) is 0 Å². The number of carbonyl (C=O) groups excluding carboxylic acids is 5. The van der Waals surface area contributed by atoms with Crippen LogP contribution in [-0.2, 0) is 35.1 Å². The van der Waals surface area contributed by atoms with Gasteiger partial charge >= 0.3 is 12.1 Å². The quantitative estimate of drug-likeness (QED) is 0.112. The van der Waals surface area contributed by atoms with E-state index in [0.717, 1.165) is 16.3 Å². The Morgan fingerprint density at radius 3 is 2.25 bits per heavy atom. The Kier molecular flexibility index (Phi) is 12.4. The van der Waals surface area contributed by atoms with Crippen molar-refractivity contribution >= 4 is 40.3 Å². The van der Waals surface area contributed by atoms with Gasteiger partial charge in [-0.1, -0.05) is 68.4 Å². The number of hydrogen-bond acceptors (Lipinski definition) is 8. The molecule has 0 saturated carbocycles. The molecular formula is C36H49N5O7. The number of hydrogen-bond donors (Lipinski definition) is 0. The third kappa shape index (κ3) is 9.79. The van der Waals surface area contributed by atoms with Gasteiger partial charge in [0.05, 0.1) is 31.2 Å². The number of likely N-dealkylation sites (tertiary alicyclic amines) is 1. The minimum absolute atomic E-state index is 0.000993. The summed E-state index contributed by atoms with van der Waals surface area (Å²) in [6.45, 7) is 12.3. The minimum Gasteiger partial charge on any atom is -0.469 e. The summed E-state index contributed by atoms with van der Waals surface area (Å²) in [6.07, 6.45) is -0.679. The van der Waals surface area contributed by atoms with Gasteiger partial charge in [-0.3, -0.25) is 19.2 Å². The predicted octanol–water partition coefficient (Wildman–Crippen LogP) is 6.29. The molecule has 3 rings (SSSR count). The lowest BCUT2D eigenvalue weighted by Gasteiger charge is -2.36. The van der Waals surface area contributed by atoms with Crippen molar-refractivity contribution in [3.8, 4) is 0 Å². The van der Waals surface area contributed by atoms with Gasteiger partial charge < -0.3 is 19.3 Å². The topological polar surface area (TPSA) is 159 Å². The Bertz CT molecular complexity index is 1570. The van der Waals surface area contributed by atoms with Gasteiger partial charge in [0.25, 0.3) is 0 Å². The van der Waals surface area contributed by atoms with Gasteiger partial charge in [0.15, 0.2) is 11.6 Å². The third-order valence-corrected chi connectivity index (χ3v) is 8.90. The van der Waals surface area contributed by atoms with Gasteiger partial charge in [-0.05, 0) is 67.8 Å². The van der Waals surface area contributed by atoms with E-state index in [1.165, 1.54) is 24.0 Å². The van der Waals surface area contributed by atoms with Crippen molar-refractivity contribution in [2.24, 2.45) is 22.4 Å². The summed E-state index contributed by atoms with van der Waals surface area (Å²) < 4.78 is 10.5. The number of amides is 2. The number of ketones is 2. The maximum atomic E-state index is 14.3. The second-order valence-corrected chi connectivity index (χ2v) is 14.7. The number of fused-ring (bicyclic) bond motifs is 1. The third-order valence-electron chi connectivity index (χ3n) is 8.90. The molecule has 0 aliphatic carbocycles. The second-order valence-electron chi connectivity index (χ2n) is 14.7. The Morgan fingerprint density at radius 1 is 1.02 bits per heavy atom. The molecule has 1 heterocycles. The van der Waals surface area contributed by atoms with Crippen molar-refractivity contribution < 1.29 is 33.4 Å². The van der Waals surface area contributed by atoms with Gasteiger partial charge in [0.2, 0.25) is 5.91 Å². The van der Waals surface area contributed by atoms with E-state index < -0.39 is 58.9 Å². The lowest BCUT2D eigenvalue weighted by molar-refractivity contribution is -0.149. The molecular weight excluding hydrogens is 614 g/mol. The molecule has 2 aromatic carbocycles. The Labute approximate surface area is 282 Å². The molecule has 0 radical (unpaired) electrons. The largest absolute Gasteiger partial charge is 0.469 e. The average Bonchev–Trinajstić information content (AvgIpc) is 3.44. The fourth-order valence-electron chi connectivity index (χ4n) is 6.00. The molecule has 2 aromatic rings. The van der Waals surface area contributed by atoms with E-state index in [9.17, 15) is 29.5 Å². The van der Waals surface area contributed by atoms with Crippen LogP contribution in [0.3, 0.4) is 0 Å². The van der Waals surface area contributed by atoms with Crippen LogP contribution in [0, 0.1) is 17.3 Å². The van der Waals surface area contributed by atoms with E-state index in [-0.39, 0.29) is 43.8 Å². The Balaban J connectivity index is 1.85. The van der Waals surface area contributed by atoms with Crippen molar-refractivity contribution in [2.75, 3.05) is 20.7 Å². The molecule has 1 fully saturated rings. The van der Waals surface area contributed by atoms with E-state index in [4.69, 9.17) is 9.47 Å². The number of benzene rings is 2. The standard InChI is InChI=1S/C36H49N5O7/c1-22(40(8)34(46)48-36(5,6)7)30(42)20-28(35(2,3)4)32(44)41-21-27(38-39-37)19-29(41)31(43)18-26(33(45)47-9)17-23-14-15-24-12-10-11-13-25(24)16-23/h10-16,22,26-29H,17-21H2,1-9H3/t22-,26+,27-,28+,29-/m0/s1. The predicted molar refractivity (Wildman–Crippen MR) is 182 cm³/mol. The van der Waals surface area contributed by atoms with Crippen LogP contribution in [0.1, 0.15) is 73.3 Å². The van der Waals surface area contributed by atoms with Crippen molar-refractivity contribution in [2.45, 2.75) is 97.9 Å². The summed E-state index contributed by atoms with van der Waals surface area (Å²) in [6, 6.07) is 11.2. The fraction of sp³-hybridized carbons (Fsp3) is 0.583. The first-order chi connectivity index (χ1) is 22.4. The molecule has 0 N–H and O–H groups in total. The smallest absolute Gasteiger partial charge is 0.410 e. The van der Waals surface area contributed by atoms with Gasteiger partial charge in [0.1, 0.15) is 5.60 Å². The Hall–Kier alpha value is -4.44. The molecule has 260 valence electrons. The van der Waals surface area contributed by atoms with Crippen LogP contribution in [0.4, 0.5) is 4.79 Å². The maximum Gasteiger partial charge on any atom is 0.410 e. The van der Waals surface area contributed by atoms with E-state index in [0.29, 0.717) is 0 Å². The van der Waals surface area contributed by atoms with E-state index in [1.54, 1.807) is 27.7 Å². The summed E-state index contributed by atoms with van der Waals surface area (Å²) in [5, 5.41) is 5.87. The van der Waals surface area contributed by atoms with Crippen LogP contribution in [0.5, 0.6) is 0 Å². The minimum atomic E-state index is -0.960. The summed E-state index contributed by atoms with van der Waals surface area (Å²) in [4.78, 5) is 72.9. The molecule has 5 atom stereocenters. The van der Waals surface area contributed by atoms with Crippen molar-refractivity contribution in [3.05, 3.63) is 58.5 Å². The number of carbonyl (C=O) groups is 5. The number of Topliss-reactive ketones (excluding diaryl/α,β-unsaturated/α-hetero) is 2. The van der Waals surface area contributed by atoms with Crippen molar-refractivity contribution in [3.63, 3.8) is 0 Å². The van der Waals surface area contributed by atoms with Crippen LogP contribution >= 0.6 is 0 Å². The number of likely N-dealkylation sites (N-methyl/N-ethyl adjacent to an activating group) is 1. The zero-order valence-electron chi connectivity index (χ0n) is 29.6. The molecule has 0 unspecified atom stereocenters. The summed E-state index contributed by atoms with van der Waals surface area (Å²) in [5.41, 5.74) is 8.58. The highest BCUT2D eigenvalue weighted by Gasteiger charge is 2.45. The number of azide groups is 1. The van der Waals surface area contributed by atoms with Crippen LogP contribution in [-0.4, -0.2) is 83.8 Å². The summed E-state index contributed by atoms with van der Waals surface area (Å²) >= 11 is 0. The zero-order valence-corrected chi connectivity index (χ0v) is 29.6. The number of methoxy groups -OCH3 is 1. The maximum absolute atomic E-state index is 14.3. The number of nitrogens with zero attached hydrogens (tertiary/aromatic N) is 5. The lowest BCUT2D eigenvalue weighted by atomic mass is 9.76. The van der Waals surface area contributed by atoms with Crippen LogP contribution < -0.4 is 0 Å². The van der Waals surface area contributed by atoms with Gasteiger partial charge in [0, 0.05) is 37.3 Å². The summed E-state index contributed by atoms with van der Waals surface area (Å²) in [7, 11) is 2.75. The molecule has 48 heavy (non-hydrogen) atoms. The molecule has 0 spiro atoms. The van der Waals surface area contributed by atoms with Gasteiger partial charge in [-0.25, -0.2) is 4.79 Å². The first kappa shape index (κ1) is 38.0. The average molecular weight is 664 g/mol. The van der Waals surface area contributed by atoms with Crippen molar-refractivity contribution in [1.82, 2.24) is 9.80 Å². The SMILES string of the molecule is COC(=O)[C@@H](CC(=O)[C@@H]1C[C@H](N=[N+]=[N-])CN1C(=O)[C@@H](CC(=O)[C@H](C)N(C)C(=O)OC(C)(C)C)C(C)(C)C)Cc1ccc2ccccc2c1. The van der Waals surface area contributed by atoms with Gasteiger partial charge in [-0.15, -0.1) is 0 Å². The van der Waals surface area contributed by atoms with Gasteiger partial charge in [-0.2, -0.15) is 0 Å². The van der Waals surface area contributed by atoms with E-state index in [1.807, 2.05) is 63.2 Å². The first-order valence-corrected chi connectivity index (χ1v) is 16.3. The molecule has 1 aliphatic heterocycles. The molecule has 1 saturated heterocycles. The zero-order chi connectivity index (χ0) is 36.0. The number of esters is 1. The van der Waals surface area contributed by atoms with E-state index in [2.05, 4.69) is 10.0 Å². The normalized spacial score (nSPS) is 18.3. The highest BCUT2D eigenvalue weighted by molar-refractivity contribution is 5.95. The fourth-order valence-corrected chi connectivity index (χ4v) is 6.00. The molecule has 12 nitrogen and oxygen atoms in total. The molecule has 0 aromatic heterocycles. The molecule has 2 amide bonds. The molecule has 12 heteroatoms. The number of ether oxygens (including phenoxy) is 2. The van der Waals surface area contributed by atoms with Crippen molar-refractivity contribution in [1.29, 1.82) is 0 Å². The highest BCUT2D eigenvalue weighted by atomic mass is 16.6. The first-order valence-electron chi connectivity index (χ1n) is 16.3. The van der Waals surface area contributed by atoms with Crippen LogP contribution in [0.25, 0.3) is 21.2 Å². The lowest BCUT2D eigenvalue weighted by Crippen LogP contribution is -2.49. The second kappa shape index (κ2) is 15.6. The summed E-state index contributed by atoms with van der Waals surface area (Å²) in [5.74, 6) is -3.32. The van der Waals surface area contributed by atoms with Crippen LogP contribution in [0.15, 0.2) is 47.6 Å². The van der Waals surface area contributed by atoms with E-state index >= 15 is 0 Å². The monoisotopic (exact) mass is 663 g/mol. The Morgan fingerprint density at radius 2 is 1.67 bits per heavy atom. The molecule has 1 aliphatic rings. The number of rotatable bonds is 12.